The first-order valence-electron chi connectivity index (χ1n) is 10.3. The van der Waals surface area contributed by atoms with Crippen LogP contribution in [0.3, 0.4) is 0 Å². The fourth-order valence-corrected chi connectivity index (χ4v) is 4.69. The van der Waals surface area contributed by atoms with E-state index in [-0.39, 0.29) is 11.7 Å². The van der Waals surface area contributed by atoms with Crippen LogP contribution in [0.25, 0.3) is 6.08 Å². The molecule has 146 valence electrons. The maximum atomic E-state index is 12.8. The minimum absolute atomic E-state index is 0.0829. The third-order valence-corrected chi connectivity index (χ3v) is 6.06. The van der Waals surface area contributed by atoms with E-state index in [4.69, 9.17) is 0 Å². The van der Waals surface area contributed by atoms with Gasteiger partial charge in [0.15, 0.2) is 5.78 Å². The Balaban J connectivity index is 1.51. The molecular weight excluding hydrogens is 334 g/mol. The molecule has 1 N–H and O–H groups in total. The van der Waals surface area contributed by atoms with E-state index in [0.29, 0.717) is 11.8 Å². The average Bonchev–Trinajstić information content (AvgIpc) is 3.16. The predicted molar refractivity (Wildman–Crippen MR) is 111 cm³/mol. The molecule has 4 atom stereocenters. The number of carbonyl (C=O) groups is 1. The van der Waals surface area contributed by atoms with Crippen LogP contribution in [0.2, 0.25) is 0 Å². The number of benzene rings is 1. The van der Waals surface area contributed by atoms with Crippen LogP contribution >= 0.6 is 0 Å². The van der Waals surface area contributed by atoms with Crippen LogP contribution in [0.4, 0.5) is 0 Å². The lowest BCUT2D eigenvalue weighted by molar-refractivity contribution is -0.121. The summed E-state index contributed by atoms with van der Waals surface area (Å²) in [5, 5.41) is 10.5. The molecule has 1 fully saturated rings. The quantitative estimate of drug-likeness (QED) is 0.401. The molecular formula is C24H33NO2. The molecule has 0 saturated heterocycles. The molecule has 0 radical (unpaired) electrons. The average molecular weight is 368 g/mol. The highest BCUT2D eigenvalue weighted by Crippen LogP contribution is 2.48. The van der Waals surface area contributed by atoms with Gasteiger partial charge in [0.05, 0.1) is 12.0 Å². The van der Waals surface area contributed by atoms with E-state index in [1.54, 1.807) is 6.08 Å². The van der Waals surface area contributed by atoms with E-state index >= 15 is 0 Å². The van der Waals surface area contributed by atoms with Gasteiger partial charge in [-0.25, -0.2) is 0 Å². The van der Waals surface area contributed by atoms with Crippen molar-refractivity contribution in [1.29, 1.82) is 0 Å². The van der Waals surface area contributed by atoms with Gasteiger partial charge in [-0.2, -0.15) is 0 Å². The summed E-state index contributed by atoms with van der Waals surface area (Å²) in [4.78, 5) is 15.0. The lowest BCUT2D eigenvalue weighted by atomic mass is 9.86. The van der Waals surface area contributed by atoms with Crippen molar-refractivity contribution in [1.82, 2.24) is 4.90 Å². The largest absolute Gasteiger partial charge is 0.392 e. The highest BCUT2D eigenvalue weighted by Gasteiger charge is 2.47. The van der Waals surface area contributed by atoms with Gasteiger partial charge in [-0.05, 0) is 76.2 Å². The lowest BCUT2D eigenvalue weighted by Crippen LogP contribution is -2.27. The highest BCUT2D eigenvalue weighted by molar-refractivity contribution is 5.96. The normalized spacial score (nSPS) is 27.3. The molecule has 2 aliphatic rings. The third-order valence-electron chi connectivity index (χ3n) is 6.06. The number of ketones is 1. The SMILES string of the molecule is CN(C)CCCCCC1=C[C@H]2C[C@@H](O)[C@H](C(=O)C=Cc3ccccc3)[C@H]2C1. The van der Waals surface area contributed by atoms with Gasteiger partial charge in [-0.15, -0.1) is 0 Å². The monoisotopic (exact) mass is 367 g/mol. The van der Waals surface area contributed by atoms with Gasteiger partial charge in [0, 0.05) is 0 Å². The van der Waals surface area contributed by atoms with E-state index in [1.165, 1.54) is 24.8 Å². The Hall–Kier alpha value is -1.71. The summed E-state index contributed by atoms with van der Waals surface area (Å²) in [7, 11) is 4.24. The topological polar surface area (TPSA) is 40.5 Å². The minimum Gasteiger partial charge on any atom is -0.392 e. The summed E-state index contributed by atoms with van der Waals surface area (Å²) < 4.78 is 0. The molecule has 27 heavy (non-hydrogen) atoms. The molecule has 3 nitrogen and oxygen atoms in total. The molecule has 1 aromatic rings. The first-order valence-corrected chi connectivity index (χ1v) is 10.3. The smallest absolute Gasteiger partial charge is 0.161 e. The van der Waals surface area contributed by atoms with Gasteiger partial charge < -0.3 is 10.0 Å². The number of allylic oxidation sites excluding steroid dienone is 3. The van der Waals surface area contributed by atoms with Crippen molar-refractivity contribution >= 4 is 11.9 Å². The summed E-state index contributed by atoms with van der Waals surface area (Å²) in [6.45, 7) is 1.15. The van der Waals surface area contributed by atoms with Gasteiger partial charge in [-0.1, -0.05) is 54.5 Å². The van der Waals surface area contributed by atoms with Crippen molar-refractivity contribution in [3.05, 3.63) is 53.6 Å². The van der Waals surface area contributed by atoms with Gasteiger partial charge >= 0.3 is 0 Å². The minimum atomic E-state index is -0.495. The molecule has 2 aliphatic carbocycles. The lowest BCUT2D eigenvalue weighted by Gasteiger charge is -2.19. The van der Waals surface area contributed by atoms with Crippen molar-refractivity contribution in [3.8, 4) is 0 Å². The number of unbranched alkanes of at least 4 members (excludes halogenated alkanes) is 2. The second kappa shape index (κ2) is 9.48. The van der Waals surface area contributed by atoms with Crippen LogP contribution in [-0.2, 0) is 4.79 Å². The van der Waals surface area contributed by atoms with Crippen molar-refractivity contribution in [2.24, 2.45) is 17.8 Å². The standard InChI is InChI=1S/C24H33NO2/c1-25(2)14-8-4-7-11-19-15-20-17-23(27)24(21(20)16-19)22(26)13-12-18-9-5-3-6-10-18/h3,5-6,9-10,12-13,15,20-21,23-24,27H,4,7-8,11,14,16-17H2,1-2H3/t20-,21-,23+,24-/m0/s1. The van der Waals surface area contributed by atoms with E-state index in [9.17, 15) is 9.90 Å². The Labute approximate surface area is 163 Å². The zero-order chi connectivity index (χ0) is 19.2. The Morgan fingerprint density at radius 2 is 1.96 bits per heavy atom. The van der Waals surface area contributed by atoms with Crippen molar-refractivity contribution < 1.29 is 9.90 Å². The third kappa shape index (κ3) is 5.40. The molecule has 0 amide bonds. The highest BCUT2D eigenvalue weighted by atomic mass is 16.3. The Morgan fingerprint density at radius 1 is 1.19 bits per heavy atom. The van der Waals surface area contributed by atoms with Gasteiger partial charge in [0.25, 0.3) is 0 Å². The predicted octanol–water partition coefficient (Wildman–Crippen LogP) is 4.33. The van der Waals surface area contributed by atoms with Crippen LogP contribution in [0.15, 0.2) is 48.1 Å². The summed E-state index contributed by atoms with van der Waals surface area (Å²) in [5.74, 6) is 0.525. The zero-order valence-electron chi connectivity index (χ0n) is 16.7. The van der Waals surface area contributed by atoms with Crippen LogP contribution in [0.1, 0.15) is 44.1 Å². The van der Waals surface area contributed by atoms with Crippen molar-refractivity contribution in [3.63, 3.8) is 0 Å². The van der Waals surface area contributed by atoms with Crippen molar-refractivity contribution in [2.75, 3.05) is 20.6 Å². The first kappa shape index (κ1) is 20.0. The van der Waals surface area contributed by atoms with Gasteiger partial charge in [-0.3, -0.25) is 4.79 Å². The molecule has 0 aromatic heterocycles. The fraction of sp³-hybridized carbons (Fsp3) is 0.542. The Bertz CT molecular complexity index is 677. The summed E-state index contributed by atoms with van der Waals surface area (Å²) in [6.07, 6.45) is 12.0. The first-order chi connectivity index (χ1) is 13.0. The van der Waals surface area contributed by atoms with Crippen LogP contribution < -0.4 is 0 Å². The number of aliphatic hydroxyl groups is 1. The summed E-state index contributed by atoms with van der Waals surface area (Å²) in [6, 6.07) is 9.88. The molecule has 0 aliphatic heterocycles. The number of nitrogens with zero attached hydrogens (tertiary/aromatic N) is 1. The maximum Gasteiger partial charge on any atom is 0.161 e. The second-order valence-electron chi connectivity index (χ2n) is 8.45. The molecule has 1 aromatic carbocycles. The number of hydrogen-bond donors (Lipinski definition) is 1. The second-order valence-corrected chi connectivity index (χ2v) is 8.45. The summed E-state index contributed by atoms with van der Waals surface area (Å²) >= 11 is 0. The molecule has 0 bridgehead atoms. The van der Waals surface area contributed by atoms with E-state index in [1.807, 2.05) is 36.4 Å². The van der Waals surface area contributed by atoms with Crippen LogP contribution in [0.5, 0.6) is 0 Å². The zero-order valence-corrected chi connectivity index (χ0v) is 16.7. The van der Waals surface area contributed by atoms with E-state index < -0.39 is 6.10 Å². The number of rotatable bonds is 9. The number of hydrogen-bond acceptors (Lipinski definition) is 3. The number of fused-ring (bicyclic) bond motifs is 1. The van der Waals surface area contributed by atoms with Crippen molar-refractivity contribution in [2.45, 2.75) is 44.6 Å². The molecule has 0 heterocycles. The number of carbonyl (C=O) groups excluding carboxylic acids is 1. The molecule has 1 saturated carbocycles. The van der Waals surface area contributed by atoms with Gasteiger partial charge in [0.1, 0.15) is 0 Å². The van der Waals surface area contributed by atoms with E-state index in [2.05, 4.69) is 25.1 Å². The Kier molecular flexibility index (Phi) is 7.03. The number of aliphatic hydroxyl groups excluding tert-OH is 1. The van der Waals surface area contributed by atoms with E-state index in [0.717, 1.165) is 31.4 Å². The van der Waals surface area contributed by atoms with Crippen LogP contribution in [0, 0.1) is 17.8 Å². The van der Waals surface area contributed by atoms with Gasteiger partial charge in [0.2, 0.25) is 0 Å². The molecule has 3 rings (SSSR count). The fourth-order valence-electron chi connectivity index (χ4n) is 4.69. The molecule has 3 heteroatoms. The molecule has 0 spiro atoms. The summed E-state index contributed by atoms with van der Waals surface area (Å²) in [5.41, 5.74) is 2.53. The molecule has 0 unspecified atom stereocenters. The maximum absolute atomic E-state index is 12.8. The van der Waals surface area contributed by atoms with Crippen LogP contribution in [-0.4, -0.2) is 42.5 Å². The Morgan fingerprint density at radius 3 is 2.70 bits per heavy atom.